The second-order valence-electron chi connectivity index (χ2n) is 3.67. The van der Waals surface area contributed by atoms with Gasteiger partial charge in [-0.05, 0) is 32.6 Å². The monoisotopic (exact) mass is 184 g/mol. The van der Waals surface area contributed by atoms with Gasteiger partial charge in [0.15, 0.2) is 0 Å². The third-order valence-electron chi connectivity index (χ3n) is 2.59. The Balaban J connectivity index is 2.35. The van der Waals surface area contributed by atoms with Gasteiger partial charge in [0.25, 0.3) is 0 Å². The zero-order chi connectivity index (χ0) is 9.68. The fourth-order valence-electron chi connectivity index (χ4n) is 1.75. The Morgan fingerprint density at radius 2 is 2.38 bits per heavy atom. The van der Waals surface area contributed by atoms with E-state index < -0.39 is 0 Å². The minimum Gasteiger partial charge on any atom is -0.390 e. The Hall–Kier alpha value is -0.340. The maximum absolute atomic E-state index is 9.73. The molecule has 2 heteroatoms. The van der Waals surface area contributed by atoms with Crippen LogP contribution in [-0.4, -0.2) is 23.9 Å². The van der Waals surface area contributed by atoms with Crippen LogP contribution in [0.2, 0.25) is 0 Å². The van der Waals surface area contributed by atoms with Gasteiger partial charge in [-0.25, -0.2) is 0 Å². The first-order valence-electron chi connectivity index (χ1n) is 5.21. The number of hydrogen-bond donors (Lipinski definition) is 1. The smallest absolute Gasteiger partial charge is 0.0840 e. The fraction of sp³-hybridized carbons (Fsp3) is 0.818. The molecule has 0 aromatic heterocycles. The fourth-order valence-corrected chi connectivity index (χ4v) is 1.75. The SMILES string of the molecule is CC=C1CCC(OCCC)C(O)C1. The molecule has 2 atom stereocenters. The molecule has 0 radical (unpaired) electrons. The molecule has 1 N–H and O–H groups in total. The van der Waals surface area contributed by atoms with E-state index in [0.717, 1.165) is 32.3 Å². The molecule has 1 fully saturated rings. The number of hydrogen-bond acceptors (Lipinski definition) is 2. The van der Waals surface area contributed by atoms with E-state index in [1.54, 1.807) is 0 Å². The summed E-state index contributed by atoms with van der Waals surface area (Å²) in [6.45, 7) is 4.90. The average Bonchev–Trinajstić information content (AvgIpc) is 2.16. The van der Waals surface area contributed by atoms with Crippen molar-refractivity contribution in [3.63, 3.8) is 0 Å². The molecule has 0 aliphatic heterocycles. The van der Waals surface area contributed by atoms with Crippen LogP contribution >= 0.6 is 0 Å². The van der Waals surface area contributed by atoms with E-state index in [0.29, 0.717) is 0 Å². The van der Waals surface area contributed by atoms with E-state index in [-0.39, 0.29) is 12.2 Å². The number of aliphatic hydroxyl groups excluding tert-OH is 1. The zero-order valence-corrected chi connectivity index (χ0v) is 8.62. The second kappa shape index (κ2) is 5.40. The summed E-state index contributed by atoms with van der Waals surface area (Å²) in [6, 6.07) is 0. The lowest BCUT2D eigenvalue weighted by Gasteiger charge is -2.29. The molecule has 0 saturated heterocycles. The average molecular weight is 184 g/mol. The molecule has 0 bridgehead atoms. The highest BCUT2D eigenvalue weighted by Gasteiger charge is 2.25. The van der Waals surface area contributed by atoms with E-state index >= 15 is 0 Å². The molecule has 13 heavy (non-hydrogen) atoms. The summed E-state index contributed by atoms with van der Waals surface area (Å²) in [6.07, 6.45) is 5.78. The van der Waals surface area contributed by atoms with Gasteiger partial charge in [-0.2, -0.15) is 0 Å². The van der Waals surface area contributed by atoms with Crippen LogP contribution in [0.3, 0.4) is 0 Å². The minimum absolute atomic E-state index is 0.0728. The van der Waals surface area contributed by atoms with Crippen molar-refractivity contribution in [1.29, 1.82) is 0 Å². The predicted molar refractivity (Wildman–Crippen MR) is 53.6 cm³/mol. The van der Waals surface area contributed by atoms with Crippen molar-refractivity contribution < 1.29 is 9.84 Å². The number of ether oxygens (including phenoxy) is 1. The normalized spacial score (nSPS) is 32.4. The molecule has 0 amide bonds. The molecule has 2 unspecified atom stereocenters. The first-order chi connectivity index (χ1) is 6.27. The molecule has 0 heterocycles. The zero-order valence-electron chi connectivity index (χ0n) is 8.62. The van der Waals surface area contributed by atoms with Gasteiger partial charge in [-0.3, -0.25) is 0 Å². The van der Waals surface area contributed by atoms with Crippen molar-refractivity contribution in [3.8, 4) is 0 Å². The second-order valence-corrected chi connectivity index (χ2v) is 3.67. The first kappa shape index (κ1) is 10.7. The molecule has 76 valence electrons. The van der Waals surface area contributed by atoms with Gasteiger partial charge in [-0.1, -0.05) is 18.6 Å². The maximum atomic E-state index is 9.73. The Morgan fingerprint density at radius 3 is 2.92 bits per heavy atom. The van der Waals surface area contributed by atoms with Gasteiger partial charge >= 0.3 is 0 Å². The van der Waals surface area contributed by atoms with Crippen molar-refractivity contribution in [2.45, 2.75) is 51.7 Å². The minimum atomic E-state index is -0.286. The summed E-state index contributed by atoms with van der Waals surface area (Å²) < 4.78 is 5.56. The first-order valence-corrected chi connectivity index (χ1v) is 5.21. The van der Waals surface area contributed by atoms with Crippen LogP contribution < -0.4 is 0 Å². The lowest BCUT2D eigenvalue weighted by atomic mass is 9.90. The predicted octanol–water partition coefficient (Wildman–Crippen LogP) is 2.27. The Labute approximate surface area is 80.6 Å². The van der Waals surface area contributed by atoms with E-state index in [2.05, 4.69) is 13.0 Å². The Bertz CT molecular complexity index is 175. The number of allylic oxidation sites excluding steroid dienone is 1. The van der Waals surface area contributed by atoms with Gasteiger partial charge in [0.05, 0.1) is 12.2 Å². The van der Waals surface area contributed by atoms with Gasteiger partial charge in [-0.15, -0.1) is 0 Å². The van der Waals surface area contributed by atoms with Crippen LogP contribution in [0.25, 0.3) is 0 Å². The van der Waals surface area contributed by atoms with Crippen LogP contribution in [0.15, 0.2) is 11.6 Å². The number of aliphatic hydroxyl groups is 1. The van der Waals surface area contributed by atoms with Gasteiger partial charge in [0, 0.05) is 6.61 Å². The summed E-state index contributed by atoms with van der Waals surface area (Å²) in [5.41, 5.74) is 1.36. The molecule has 1 saturated carbocycles. The summed E-state index contributed by atoms with van der Waals surface area (Å²) in [5.74, 6) is 0. The van der Waals surface area contributed by atoms with Crippen molar-refractivity contribution in [2.75, 3.05) is 6.61 Å². The van der Waals surface area contributed by atoms with E-state index in [1.807, 2.05) is 6.92 Å². The molecule has 1 aliphatic rings. The molecule has 1 rings (SSSR count). The summed E-state index contributed by atoms with van der Waals surface area (Å²) >= 11 is 0. The molecular formula is C11H20O2. The van der Waals surface area contributed by atoms with E-state index in [4.69, 9.17) is 4.74 Å². The molecule has 1 aliphatic carbocycles. The van der Waals surface area contributed by atoms with E-state index in [1.165, 1.54) is 5.57 Å². The molecular weight excluding hydrogens is 164 g/mol. The van der Waals surface area contributed by atoms with Gasteiger partial charge in [0.1, 0.15) is 0 Å². The van der Waals surface area contributed by atoms with Crippen molar-refractivity contribution in [3.05, 3.63) is 11.6 Å². The summed E-state index contributed by atoms with van der Waals surface area (Å²) in [7, 11) is 0. The Morgan fingerprint density at radius 1 is 1.62 bits per heavy atom. The summed E-state index contributed by atoms with van der Waals surface area (Å²) in [5, 5.41) is 9.73. The standard InChI is InChI=1S/C11H20O2/c1-3-7-13-11-6-5-9(4-2)8-10(11)12/h4,10-12H,3,5-8H2,1-2H3. The van der Waals surface area contributed by atoms with Gasteiger partial charge in [0.2, 0.25) is 0 Å². The highest BCUT2D eigenvalue weighted by molar-refractivity contribution is 5.06. The van der Waals surface area contributed by atoms with Crippen molar-refractivity contribution in [1.82, 2.24) is 0 Å². The van der Waals surface area contributed by atoms with Crippen LogP contribution in [0.1, 0.15) is 39.5 Å². The third kappa shape index (κ3) is 3.12. The van der Waals surface area contributed by atoms with Crippen molar-refractivity contribution in [2.24, 2.45) is 0 Å². The molecule has 0 aromatic carbocycles. The van der Waals surface area contributed by atoms with Crippen LogP contribution in [0, 0.1) is 0 Å². The van der Waals surface area contributed by atoms with Crippen LogP contribution in [0.4, 0.5) is 0 Å². The Kier molecular flexibility index (Phi) is 4.46. The largest absolute Gasteiger partial charge is 0.390 e. The topological polar surface area (TPSA) is 29.5 Å². The van der Waals surface area contributed by atoms with Crippen LogP contribution in [0.5, 0.6) is 0 Å². The highest BCUT2D eigenvalue weighted by Crippen LogP contribution is 2.25. The quantitative estimate of drug-likeness (QED) is 0.682. The van der Waals surface area contributed by atoms with Crippen molar-refractivity contribution >= 4 is 0 Å². The lowest BCUT2D eigenvalue weighted by molar-refractivity contribution is -0.0490. The molecule has 0 aromatic rings. The third-order valence-corrected chi connectivity index (χ3v) is 2.59. The molecule has 0 spiro atoms. The lowest BCUT2D eigenvalue weighted by Crippen LogP contribution is -2.33. The van der Waals surface area contributed by atoms with E-state index in [9.17, 15) is 5.11 Å². The van der Waals surface area contributed by atoms with Crippen LogP contribution in [-0.2, 0) is 4.74 Å². The summed E-state index contributed by atoms with van der Waals surface area (Å²) in [4.78, 5) is 0. The molecule has 2 nitrogen and oxygen atoms in total. The number of rotatable bonds is 3. The van der Waals surface area contributed by atoms with Gasteiger partial charge < -0.3 is 9.84 Å². The maximum Gasteiger partial charge on any atom is 0.0840 e. The highest BCUT2D eigenvalue weighted by atomic mass is 16.5.